The molecule has 1 atom stereocenters. The maximum absolute atomic E-state index is 12.0. The normalized spacial score (nSPS) is 26.6. The van der Waals surface area contributed by atoms with Gasteiger partial charge in [-0.25, -0.2) is 0 Å². The number of likely N-dealkylation sites (tertiary alicyclic amines) is 1. The van der Waals surface area contributed by atoms with E-state index < -0.39 is 0 Å². The second-order valence-corrected chi connectivity index (χ2v) is 7.56. The van der Waals surface area contributed by atoms with Gasteiger partial charge in [0.15, 0.2) is 0 Å². The lowest BCUT2D eigenvalue weighted by Gasteiger charge is -2.31. The van der Waals surface area contributed by atoms with E-state index in [2.05, 4.69) is 25.6 Å². The van der Waals surface area contributed by atoms with Gasteiger partial charge in [-0.2, -0.15) is 5.10 Å². The predicted octanol–water partition coefficient (Wildman–Crippen LogP) is 1.36. The summed E-state index contributed by atoms with van der Waals surface area (Å²) in [6.07, 6.45) is 6.00. The highest BCUT2D eigenvalue weighted by atomic mass is 16.5. The SMILES string of the molecule is O=C1CCCN1C[C@@H]1CN(CC2CCOCC2)Cc2ccnn2C1. The molecule has 1 aromatic heterocycles. The summed E-state index contributed by atoms with van der Waals surface area (Å²) in [5, 5.41) is 4.51. The van der Waals surface area contributed by atoms with Crippen LogP contribution in [0.15, 0.2) is 12.3 Å². The van der Waals surface area contributed by atoms with E-state index in [4.69, 9.17) is 4.74 Å². The van der Waals surface area contributed by atoms with Crippen LogP contribution >= 0.6 is 0 Å². The van der Waals surface area contributed by atoms with Crippen molar-refractivity contribution in [1.82, 2.24) is 19.6 Å². The Morgan fingerprint density at radius 1 is 1.17 bits per heavy atom. The number of carbonyl (C=O) groups excluding carboxylic acids is 1. The summed E-state index contributed by atoms with van der Waals surface area (Å²) in [5.74, 6) is 1.53. The fraction of sp³-hybridized carbons (Fsp3) is 0.778. The number of fused-ring (bicyclic) bond motifs is 1. The molecule has 2 saturated heterocycles. The number of rotatable bonds is 4. The summed E-state index contributed by atoms with van der Waals surface area (Å²) in [7, 11) is 0. The number of amides is 1. The number of ether oxygens (including phenoxy) is 1. The van der Waals surface area contributed by atoms with E-state index >= 15 is 0 Å². The van der Waals surface area contributed by atoms with Crippen molar-refractivity contribution >= 4 is 5.91 Å². The fourth-order valence-corrected chi connectivity index (χ4v) is 4.38. The molecule has 0 aliphatic carbocycles. The van der Waals surface area contributed by atoms with Gasteiger partial charge in [0.2, 0.25) is 5.91 Å². The van der Waals surface area contributed by atoms with E-state index in [9.17, 15) is 4.79 Å². The third-order valence-corrected chi connectivity index (χ3v) is 5.64. The van der Waals surface area contributed by atoms with Gasteiger partial charge < -0.3 is 9.64 Å². The molecule has 0 aromatic carbocycles. The monoisotopic (exact) mass is 332 g/mol. The smallest absolute Gasteiger partial charge is 0.222 e. The van der Waals surface area contributed by atoms with Crippen LogP contribution < -0.4 is 0 Å². The molecular formula is C18H28N4O2. The first-order chi connectivity index (χ1) is 11.8. The van der Waals surface area contributed by atoms with Gasteiger partial charge >= 0.3 is 0 Å². The Hall–Kier alpha value is -1.40. The quantitative estimate of drug-likeness (QED) is 0.835. The first kappa shape index (κ1) is 16.1. The molecule has 0 N–H and O–H groups in total. The minimum Gasteiger partial charge on any atom is -0.381 e. The average molecular weight is 332 g/mol. The molecule has 132 valence electrons. The second-order valence-electron chi connectivity index (χ2n) is 7.56. The first-order valence-corrected chi connectivity index (χ1v) is 9.36. The van der Waals surface area contributed by atoms with Gasteiger partial charge in [-0.1, -0.05) is 0 Å². The Morgan fingerprint density at radius 3 is 2.83 bits per heavy atom. The molecule has 3 aliphatic rings. The van der Waals surface area contributed by atoms with Crippen LogP contribution in [-0.4, -0.2) is 64.9 Å². The Bertz CT molecular complexity index is 567. The Labute approximate surface area is 143 Å². The highest BCUT2D eigenvalue weighted by Crippen LogP contribution is 2.23. The van der Waals surface area contributed by atoms with Crippen molar-refractivity contribution in [3.05, 3.63) is 18.0 Å². The van der Waals surface area contributed by atoms with Gasteiger partial charge in [0.1, 0.15) is 0 Å². The van der Waals surface area contributed by atoms with Crippen LogP contribution in [0, 0.1) is 11.8 Å². The molecule has 1 aromatic rings. The molecule has 4 rings (SSSR count). The van der Waals surface area contributed by atoms with Gasteiger partial charge in [0.25, 0.3) is 0 Å². The number of carbonyl (C=O) groups is 1. The van der Waals surface area contributed by atoms with Gasteiger partial charge in [0, 0.05) is 71.0 Å². The van der Waals surface area contributed by atoms with Gasteiger partial charge in [-0.15, -0.1) is 0 Å². The molecule has 3 aliphatic heterocycles. The van der Waals surface area contributed by atoms with Crippen LogP contribution in [0.25, 0.3) is 0 Å². The summed E-state index contributed by atoms with van der Waals surface area (Å²) >= 11 is 0. The number of hydrogen-bond acceptors (Lipinski definition) is 4. The Kier molecular flexibility index (Phi) is 4.85. The van der Waals surface area contributed by atoms with Crippen molar-refractivity contribution in [3.63, 3.8) is 0 Å². The first-order valence-electron chi connectivity index (χ1n) is 9.36. The molecule has 6 heteroatoms. The summed E-state index contributed by atoms with van der Waals surface area (Å²) in [5.41, 5.74) is 1.30. The molecular weight excluding hydrogens is 304 g/mol. The van der Waals surface area contributed by atoms with Gasteiger partial charge in [-0.3, -0.25) is 14.4 Å². The lowest BCUT2D eigenvalue weighted by molar-refractivity contribution is -0.128. The zero-order chi connectivity index (χ0) is 16.4. The largest absolute Gasteiger partial charge is 0.381 e. The van der Waals surface area contributed by atoms with E-state index in [-0.39, 0.29) is 0 Å². The lowest BCUT2D eigenvalue weighted by atomic mass is 9.99. The molecule has 24 heavy (non-hydrogen) atoms. The molecule has 0 unspecified atom stereocenters. The van der Waals surface area contributed by atoms with Crippen molar-refractivity contribution in [2.45, 2.75) is 38.8 Å². The standard InChI is InChI=1S/C18H28N4O2/c23-18-2-1-7-21(18)12-16-11-20(10-15-4-8-24-9-5-15)14-17-3-6-19-22(17)13-16/h3,6,15-16H,1-2,4-5,7-14H2/t16-/m0/s1. The minimum absolute atomic E-state index is 0.330. The van der Waals surface area contributed by atoms with Crippen molar-refractivity contribution in [2.24, 2.45) is 11.8 Å². The summed E-state index contributed by atoms with van der Waals surface area (Å²) in [6.45, 7) is 7.72. The molecule has 0 radical (unpaired) electrons. The number of aromatic nitrogens is 2. The Balaban J connectivity index is 1.44. The summed E-state index contributed by atoms with van der Waals surface area (Å²) in [6, 6.07) is 2.14. The van der Waals surface area contributed by atoms with Crippen LogP contribution in [0.5, 0.6) is 0 Å². The van der Waals surface area contributed by atoms with Gasteiger partial charge in [0.05, 0.1) is 5.69 Å². The third kappa shape index (κ3) is 3.64. The van der Waals surface area contributed by atoms with Crippen LogP contribution in [0.2, 0.25) is 0 Å². The van der Waals surface area contributed by atoms with Crippen molar-refractivity contribution < 1.29 is 9.53 Å². The molecule has 0 saturated carbocycles. The summed E-state index contributed by atoms with van der Waals surface area (Å²) < 4.78 is 7.65. The molecule has 2 fully saturated rings. The van der Waals surface area contributed by atoms with Crippen LogP contribution in [0.1, 0.15) is 31.4 Å². The molecule has 6 nitrogen and oxygen atoms in total. The minimum atomic E-state index is 0.330. The second kappa shape index (κ2) is 7.23. The lowest BCUT2D eigenvalue weighted by Crippen LogP contribution is -2.39. The molecule has 4 heterocycles. The Morgan fingerprint density at radius 2 is 2.04 bits per heavy atom. The average Bonchev–Trinajstić information content (AvgIpc) is 3.14. The molecule has 1 amide bonds. The third-order valence-electron chi connectivity index (χ3n) is 5.64. The fourth-order valence-electron chi connectivity index (χ4n) is 4.38. The zero-order valence-electron chi connectivity index (χ0n) is 14.4. The molecule has 0 bridgehead atoms. The van der Waals surface area contributed by atoms with Crippen molar-refractivity contribution in [2.75, 3.05) is 39.4 Å². The predicted molar refractivity (Wildman–Crippen MR) is 90.4 cm³/mol. The maximum atomic E-state index is 12.0. The van der Waals surface area contributed by atoms with Crippen LogP contribution in [-0.2, 0) is 22.6 Å². The van der Waals surface area contributed by atoms with E-state index in [1.807, 2.05) is 6.20 Å². The van der Waals surface area contributed by atoms with Gasteiger partial charge in [-0.05, 0) is 31.2 Å². The zero-order valence-corrected chi connectivity index (χ0v) is 14.4. The number of hydrogen-bond donors (Lipinski definition) is 0. The van der Waals surface area contributed by atoms with Crippen LogP contribution in [0.4, 0.5) is 0 Å². The number of nitrogens with zero attached hydrogens (tertiary/aromatic N) is 4. The van der Waals surface area contributed by atoms with Crippen molar-refractivity contribution in [3.8, 4) is 0 Å². The van der Waals surface area contributed by atoms with E-state index in [1.165, 1.54) is 18.5 Å². The van der Waals surface area contributed by atoms with E-state index in [1.54, 1.807) is 0 Å². The topological polar surface area (TPSA) is 50.6 Å². The van der Waals surface area contributed by atoms with E-state index in [0.717, 1.165) is 71.2 Å². The summed E-state index contributed by atoms with van der Waals surface area (Å²) in [4.78, 5) is 16.7. The molecule has 0 spiro atoms. The highest BCUT2D eigenvalue weighted by Gasteiger charge is 2.29. The maximum Gasteiger partial charge on any atom is 0.222 e. The van der Waals surface area contributed by atoms with Crippen molar-refractivity contribution in [1.29, 1.82) is 0 Å². The van der Waals surface area contributed by atoms with Crippen LogP contribution in [0.3, 0.4) is 0 Å². The highest BCUT2D eigenvalue weighted by molar-refractivity contribution is 5.78. The van der Waals surface area contributed by atoms with E-state index in [0.29, 0.717) is 11.8 Å².